The molecule has 3 nitrogen and oxygen atoms in total. The Morgan fingerprint density at radius 3 is 2.94 bits per heavy atom. The zero-order valence-corrected chi connectivity index (χ0v) is 10.8. The van der Waals surface area contributed by atoms with E-state index in [4.69, 9.17) is 4.74 Å². The minimum absolute atomic E-state index is 0.0514. The average Bonchev–Trinajstić information content (AvgIpc) is 2.31. The normalized spacial score (nSPS) is 19.7. The lowest BCUT2D eigenvalue weighted by Gasteiger charge is -2.41. The van der Waals surface area contributed by atoms with Gasteiger partial charge in [-0.1, -0.05) is 12.1 Å². The fraction of sp³-hybridized carbons (Fsp3) is 0.500. The number of rotatable bonds is 3. The maximum absolute atomic E-state index is 13.1. The summed E-state index contributed by atoms with van der Waals surface area (Å²) in [5.41, 5.74) is 0.276. The van der Waals surface area contributed by atoms with Gasteiger partial charge in [0, 0.05) is 17.6 Å². The monoisotopic (exact) mass is 251 g/mol. The molecule has 1 aromatic carbocycles. The molecule has 4 heteroatoms. The van der Waals surface area contributed by atoms with Crippen LogP contribution in [0.3, 0.4) is 0 Å². The molecule has 0 unspecified atom stereocenters. The van der Waals surface area contributed by atoms with Crippen molar-refractivity contribution in [3.8, 4) is 0 Å². The summed E-state index contributed by atoms with van der Waals surface area (Å²) in [6.07, 6.45) is 0. The van der Waals surface area contributed by atoms with Crippen molar-refractivity contribution in [2.45, 2.75) is 19.4 Å². The minimum atomic E-state index is -0.373. The van der Waals surface area contributed by atoms with Crippen molar-refractivity contribution in [2.24, 2.45) is 0 Å². The summed E-state index contributed by atoms with van der Waals surface area (Å²) in [6.45, 7) is 6.38. The van der Waals surface area contributed by atoms with E-state index in [1.165, 1.54) is 12.1 Å². The molecule has 1 aromatic rings. The fourth-order valence-corrected chi connectivity index (χ4v) is 2.11. The van der Waals surface area contributed by atoms with Crippen molar-refractivity contribution in [3.05, 3.63) is 35.6 Å². The molecule has 98 valence electrons. The SMILES string of the molecule is CC1(C)COCCN1CC(=O)c1cccc(F)c1. The van der Waals surface area contributed by atoms with Gasteiger partial charge in [0.2, 0.25) is 0 Å². The molecule has 0 saturated carbocycles. The van der Waals surface area contributed by atoms with Crippen LogP contribution in [0.2, 0.25) is 0 Å². The molecule has 0 atom stereocenters. The molecule has 1 aliphatic heterocycles. The highest BCUT2D eigenvalue weighted by molar-refractivity contribution is 5.97. The number of nitrogens with zero attached hydrogens (tertiary/aromatic N) is 1. The minimum Gasteiger partial charge on any atom is -0.378 e. The summed E-state index contributed by atoms with van der Waals surface area (Å²) in [5.74, 6) is -0.424. The second kappa shape index (κ2) is 5.16. The average molecular weight is 251 g/mol. The molecular weight excluding hydrogens is 233 g/mol. The Morgan fingerprint density at radius 1 is 1.50 bits per heavy atom. The van der Waals surface area contributed by atoms with Gasteiger partial charge in [-0.05, 0) is 26.0 Å². The van der Waals surface area contributed by atoms with Gasteiger partial charge < -0.3 is 4.74 Å². The second-order valence-electron chi connectivity index (χ2n) is 5.22. The number of hydrogen-bond donors (Lipinski definition) is 0. The van der Waals surface area contributed by atoms with Crippen LogP contribution in [0.25, 0.3) is 0 Å². The van der Waals surface area contributed by atoms with E-state index in [1.54, 1.807) is 12.1 Å². The summed E-state index contributed by atoms with van der Waals surface area (Å²) in [5, 5.41) is 0. The Balaban J connectivity index is 2.07. The van der Waals surface area contributed by atoms with Gasteiger partial charge in [0.25, 0.3) is 0 Å². The first-order chi connectivity index (χ1) is 8.49. The van der Waals surface area contributed by atoms with Crippen LogP contribution in [0.1, 0.15) is 24.2 Å². The number of Topliss-reactive ketones (excluding diaryl/α,β-unsaturated/α-hetero) is 1. The Kier molecular flexibility index (Phi) is 3.78. The fourth-order valence-electron chi connectivity index (χ4n) is 2.11. The van der Waals surface area contributed by atoms with Gasteiger partial charge in [-0.15, -0.1) is 0 Å². The molecule has 0 radical (unpaired) electrons. The third-order valence-corrected chi connectivity index (χ3v) is 3.30. The van der Waals surface area contributed by atoms with E-state index < -0.39 is 0 Å². The van der Waals surface area contributed by atoms with E-state index in [9.17, 15) is 9.18 Å². The quantitative estimate of drug-likeness (QED) is 0.771. The maximum atomic E-state index is 13.1. The highest BCUT2D eigenvalue weighted by Gasteiger charge is 2.31. The maximum Gasteiger partial charge on any atom is 0.176 e. The van der Waals surface area contributed by atoms with Gasteiger partial charge >= 0.3 is 0 Å². The lowest BCUT2D eigenvalue weighted by Crippen LogP contribution is -2.54. The van der Waals surface area contributed by atoms with Crippen LogP contribution in [-0.4, -0.2) is 42.5 Å². The number of ketones is 1. The van der Waals surface area contributed by atoms with Crippen molar-refractivity contribution in [1.29, 1.82) is 0 Å². The summed E-state index contributed by atoms with van der Waals surface area (Å²) in [7, 11) is 0. The highest BCUT2D eigenvalue weighted by atomic mass is 19.1. The summed E-state index contributed by atoms with van der Waals surface area (Å²) in [6, 6.07) is 5.84. The predicted molar refractivity (Wildman–Crippen MR) is 67.2 cm³/mol. The number of hydrogen-bond acceptors (Lipinski definition) is 3. The standard InChI is InChI=1S/C14H18FNO2/c1-14(2)10-18-7-6-16(14)9-13(17)11-4-3-5-12(15)8-11/h3-5,8H,6-7,9-10H2,1-2H3. The van der Waals surface area contributed by atoms with Crippen molar-refractivity contribution in [2.75, 3.05) is 26.3 Å². The van der Waals surface area contributed by atoms with E-state index in [2.05, 4.69) is 4.90 Å². The zero-order valence-electron chi connectivity index (χ0n) is 10.8. The first-order valence-electron chi connectivity index (χ1n) is 6.10. The van der Waals surface area contributed by atoms with Crippen molar-refractivity contribution in [1.82, 2.24) is 4.90 Å². The third kappa shape index (κ3) is 2.94. The highest BCUT2D eigenvalue weighted by Crippen LogP contribution is 2.19. The van der Waals surface area contributed by atoms with Gasteiger partial charge in [-0.2, -0.15) is 0 Å². The van der Waals surface area contributed by atoms with Gasteiger partial charge in [0.15, 0.2) is 5.78 Å². The molecule has 0 N–H and O–H groups in total. The topological polar surface area (TPSA) is 29.5 Å². The van der Waals surface area contributed by atoms with E-state index >= 15 is 0 Å². The van der Waals surface area contributed by atoms with Gasteiger partial charge in [0.1, 0.15) is 5.82 Å². The van der Waals surface area contributed by atoms with Crippen molar-refractivity contribution < 1.29 is 13.9 Å². The lowest BCUT2D eigenvalue weighted by atomic mass is 10.0. The Bertz CT molecular complexity index is 445. The Hall–Kier alpha value is -1.26. The van der Waals surface area contributed by atoms with Gasteiger partial charge in [-0.25, -0.2) is 4.39 Å². The third-order valence-electron chi connectivity index (χ3n) is 3.30. The molecule has 2 rings (SSSR count). The number of carbonyl (C=O) groups excluding carboxylic acids is 1. The molecule has 18 heavy (non-hydrogen) atoms. The van der Waals surface area contributed by atoms with Gasteiger partial charge in [-0.3, -0.25) is 9.69 Å². The van der Waals surface area contributed by atoms with Crippen LogP contribution >= 0.6 is 0 Å². The first kappa shape index (κ1) is 13.2. The number of ether oxygens (including phenoxy) is 1. The molecule has 1 aliphatic rings. The number of morpholine rings is 1. The first-order valence-corrected chi connectivity index (χ1v) is 6.10. The van der Waals surface area contributed by atoms with E-state index in [1.807, 2.05) is 13.8 Å². The molecule has 0 aromatic heterocycles. The molecular formula is C14H18FNO2. The molecule has 0 bridgehead atoms. The molecule has 1 fully saturated rings. The molecule has 0 amide bonds. The zero-order chi connectivity index (χ0) is 13.2. The molecule has 0 aliphatic carbocycles. The van der Waals surface area contributed by atoms with Crippen LogP contribution < -0.4 is 0 Å². The summed E-state index contributed by atoms with van der Waals surface area (Å²) >= 11 is 0. The van der Waals surface area contributed by atoms with Crippen LogP contribution in [0.4, 0.5) is 4.39 Å². The van der Waals surface area contributed by atoms with Gasteiger partial charge in [0.05, 0.1) is 19.8 Å². The largest absolute Gasteiger partial charge is 0.378 e. The molecule has 0 spiro atoms. The van der Waals surface area contributed by atoms with Crippen LogP contribution in [0.15, 0.2) is 24.3 Å². The summed E-state index contributed by atoms with van der Waals surface area (Å²) in [4.78, 5) is 14.2. The molecule has 1 heterocycles. The summed E-state index contributed by atoms with van der Waals surface area (Å²) < 4.78 is 18.5. The Morgan fingerprint density at radius 2 is 2.28 bits per heavy atom. The number of carbonyl (C=O) groups is 1. The van der Waals surface area contributed by atoms with Crippen molar-refractivity contribution in [3.63, 3.8) is 0 Å². The lowest BCUT2D eigenvalue weighted by molar-refractivity contribution is -0.0467. The van der Waals surface area contributed by atoms with Crippen LogP contribution in [-0.2, 0) is 4.74 Å². The second-order valence-corrected chi connectivity index (χ2v) is 5.22. The Labute approximate surface area is 107 Å². The number of benzene rings is 1. The number of halogens is 1. The smallest absolute Gasteiger partial charge is 0.176 e. The van der Waals surface area contributed by atoms with Crippen LogP contribution in [0, 0.1) is 5.82 Å². The predicted octanol–water partition coefficient (Wildman–Crippen LogP) is 2.12. The van der Waals surface area contributed by atoms with Crippen LogP contribution in [0.5, 0.6) is 0 Å². The van der Waals surface area contributed by atoms with E-state index in [-0.39, 0.29) is 17.1 Å². The molecule has 1 saturated heterocycles. The van der Waals surface area contributed by atoms with E-state index in [0.29, 0.717) is 25.3 Å². The van der Waals surface area contributed by atoms with E-state index in [0.717, 1.165) is 6.54 Å². The van der Waals surface area contributed by atoms with Crippen molar-refractivity contribution >= 4 is 5.78 Å².